The predicted molar refractivity (Wildman–Crippen MR) is 53.8 cm³/mol. The minimum Gasteiger partial charge on any atom is -0.296 e. The molecule has 0 aliphatic carbocycles. The molecule has 0 fully saturated rings. The molecule has 0 saturated carbocycles. The molecule has 0 aromatic carbocycles. The van der Waals surface area contributed by atoms with Crippen LogP contribution in [0.5, 0.6) is 0 Å². The zero-order valence-corrected chi connectivity index (χ0v) is 7.73. The number of hydrogen-bond acceptors (Lipinski definition) is 2. The SMILES string of the molecule is Cc1ccc2ccc(C=O)n2c(=O)c1. The third kappa shape index (κ3) is 1.23. The van der Waals surface area contributed by atoms with Crippen molar-refractivity contribution in [3.8, 4) is 0 Å². The molecular formula is C11H9NO2. The smallest absolute Gasteiger partial charge is 0.255 e. The molecule has 3 nitrogen and oxygen atoms in total. The first kappa shape index (κ1) is 8.69. The fourth-order valence-corrected chi connectivity index (χ4v) is 1.47. The number of nitrogens with zero attached hydrogens (tertiary/aromatic N) is 1. The van der Waals surface area contributed by atoms with Crippen LogP contribution in [-0.4, -0.2) is 10.7 Å². The van der Waals surface area contributed by atoms with Crippen molar-refractivity contribution in [2.45, 2.75) is 6.92 Å². The Labute approximate surface area is 80.6 Å². The molecule has 2 rings (SSSR count). The Morgan fingerprint density at radius 2 is 1.93 bits per heavy atom. The summed E-state index contributed by atoms with van der Waals surface area (Å²) in [6.07, 6.45) is 0.684. The van der Waals surface area contributed by atoms with Crippen LogP contribution in [0.25, 0.3) is 5.52 Å². The Hall–Kier alpha value is -1.90. The third-order valence-electron chi connectivity index (χ3n) is 2.15. The summed E-state index contributed by atoms with van der Waals surface area (Å²) in [7, 11) is 0. The lowest BCUT2D eigenvalue weighted by molar-refractivity contribution is 0.111. The van der Waals surface area contributed by atoms with E-state index in [0.29, 0.717) is 12.0 Å². The standard InChI is InChI=1S/C11H9NO2/c1-8-2-3-9-4-5-10(7-13)12(9)11(14)6-8/h2-7H,1H3. The largest absolute Gasteiger partial charge is 0.296 e. The molecule has 0 amide bonds. The van der Waals surface area contributed by atoms with Gasteiger partial charge in [0.1, 0.15) is 0 Å². The highest BCUT2D eigenvalue weighted by atomic mass is 16.1. The first-order chi connectivity index (χ1) is 6.72. The van der Waals surface area contributed by atoms with Gasteiger partial charge in [-0.15, -0.1) is 0 Å². The maximum absolute atomic E-state index is 11.6. The van der Waals surface area contributed by atoms with Gasteiger partial charge in [-0.05, 0) is 30.7 Å². The lowest BCUT2D eigenvalue weighted by Crippen LogP contribution is -2.10. The zero-order valence-electron chi connectivity index (χ0n) is 7.73. The molecule has 2 aromatic heterocycles. The third-order valence-corrected chi connectivity index (χ3v) is 2.15. The van der Waals surface area contributed by atoms with Crippen LogP contribution in [0.3, 0.4) is 0 Å². The summed E-state index contributed by atoms with van der Waals surface area (Å²) in [6, 6.07) is 8.58. The molecule has 0 saturated heterocycles. The van der Waals surface area contributed by atoms with Crippen molar-refractivity contribution in [3.05, 3.63) is 51.9 Å². The molecule has 0 bridgehead atoms. The lowest BCUT2D eigenvalue weighted by Gasteiger charge is -1.87. The van der Waals surface area contributed by atoms with Gasteiger partial charge < -0.3 is 0 Å². The van der Waals surface area contributed by atoms with Crippen molar-refractivity contribution in [2.24, 2.45) is 0 Å². The number of aryl methyl sites for hydroxylation is 1. The van der Waals surface area contributed by atoms with E-state index in [1.54, 1.807) is 12.1 Å². The number of aldehydes is 1. The number of rotatable bonds is 1. The second kappa shape index (κ2) is 3.10. The quantitative estimate of drug-likeness (QED) is 0.633. The molecule has 0 aliphatic rings. The molecule has 0 aliphatic heterocycles. The molecule has 14 heavy (non-hydrogen) atoms. The fourth-order valence-electron chi connectivity index (χ4n) is 1.47. The average molecular weight is 187 g/mol. The minimum atomic E-state index is -0.172. The summed E-state index contributed by atoms with van der Waals surface area (Å²) in [5.74, 6) is 0. The fraction of sp³-hybridized carbons (Fsp3) is 0.0909. The summed E-state index contributed by atoms with van der Waals surface area (Å²) >= 11 is 0. The first-order valence-corrected chi connectivity index (χ1v) is 4.30. The van der Waals surface area contributed by atoms with E-state index in [1.165, 1.54) is 10.5 Å². The van der Waals surface area contributed by atoms with E-state index in [-0.39, 0.29) is 5.56 Å². The molecule has 0 N–H and O–H groups in total. The number of carbonyl (C=O) groups excluding carboxylic acids is 1. The van der Waals surface area contributed by atoms with Gasteiger partial charge in [0.2, 0.25) is 0 Å². The molecule has 2 heterocycles. The van der Waals surface area contributed by atoms with Gasteiger partial charge in [0.05, 0.1) is 5.69 Å². The van der Waals surface area contributed by atoms with Crippen molar-refractivity contribution in [1.29, 1.82) is 0 Å². The van der Waals surface area contributed by atoms with Gasteiger partial charge in [0.15, 0.2) is 6.29 Å². The van der Waals surface area contributed by atoms with Crippen LogP contribution in [-0.2, 0) is 0 Å². The Balaban J connectivity index is 3.02. The van der Waals surface area contributed by atoms with E-state index >= 15 is 0 Å². The topological polar surface area (TPSA) is 38.5 Å². The summed E-state index contributed by atoms with van der Waals surface area (Å²) in [6.45, 7) is 1.85. The Morgan fingerprint density at radius 3 is 2.64 bits per heavy atom. The molecular weight excluding hydrogens is 178 g/mol. The molecule has 0 radical (unpaired) electrons. The van der Waals surface area contributed by atoms with Crippen molar-refractivity contribution in [3.63, 3.8) is 0 Å². The highest BCUT2D eigenvalue weighted by Crippen LogP contribution is 2.05. The van der Waals surface area contributed by atoms with Gasteiger partial charge in [0, 0.05) is 11.6 Å². The summed E-state index contributed by atoms with van der Waals surface area (Å²) in [4.78, 5) is 22.3. The van der Waals surface area contributed by atoms with Crippen LogP contribution in [0.1, 0.15) is 16.1 Å². The van der Waals surface area contributed by atoms with Crippen molar-refractivity contribution >= 4 is 11.8 Å². The predicted octanol–water partition coefficient (Wildman–Crippen LogP) is 1.42. The second-order valence-electron chi connectivity index (χ2n) is 3.20. The second-order valence-corrected chi connectivity index (χ2v) is 3.20. The zero-order chi connectivity index (χ0) is 10.1. The Kier molecular flexibility index (Phi) is 1.93. The van der Waals surface area contributed by atoms with Crippen LogP contribution >= 0.6 is 0 Å². The van der Waals surface area contributed by atoms with Crippen LogP contribution in [0, 0.1) is 6.92 Å². The maximum atomic E-state index is 11.6. The molecule has 0 spiro atoms. The van der Waals surface area contributed by atoms with Crippen molar-refractivity contribution < 1.29 is 4.79 Å². The van der Waals surface area contributed by atoms with Gasteiger partial charge in [0.25, 0.3) is 5.56 Å². The van der Waals surface area contributed by atoms with E-state index in [2.05, 4.69) is 0 Å². The first-order valence-electron chi connectivity index (χ1n) is 4.30. The van der Waals surface area contributed by atoms with Crippen molar-refractivity contribution in [2.75, 3.05) is 0 Å². The number of carbonyl (C=O) groups is 1. The molecule has 2 aromatic rings. The van der Waals surface area contributed by atoms with Gasteiger partial charge in [-0.3, -0.25) is 14.0 Å². The highest BCUT2D eigenvalue weighted by Gasteiger charge is 2.01. The van der Waals surface area contributed by atoms with Gasteiger partial charge in [-0.2, -0.15) is 0 Å². The van der Waals surface area contributed by atoms with Crippen LogP contribution in [0.2, 0.25) is 0 Å². The molecule has 70 valence electrons. The number of hydrogen-bond donors (Lipinski definition) is 0. The van der Waals surface area contributed by atoms with Crippen LogP contribution in [0.4, 0.5) is 0 Å². The monoisotopic (exact) mass is 187 g/mol. The number of aromatic nitrogens is 1. The van der Waals surface area contributed by atoms with Gasteiger partial charge >= 0.3 is 0 Å². The average Bonchev–Trinajstić information content (AvgIpc) is 2.51. The van der Waals surface area contributed by atoms with E-state index < -0.39 is 0 Å². The summed E-state index contributed by atoms with van der Waals surface area (Å²) in [5.41, 5.74) is 1.84. The van der Waals surface area contributed by atoms with E-state index in [1.807, 2.05) is 19.1 Å². The van der Waals surface area contributed by atoms with E-state index in [4.69, 9.17) is 0 Å². The van der Waals surface area contributed by atoms with Crippen molar-refractivity contribution in [1.82, 2.24) is 4.40 Å². The van der Waals surface area contributed by atoms with E-state index in [9.17, 15) is 9.59 Å². The molecule has 3 heteroatoms. The Bertz CT molecular complexity index is 555. The minimum absolute atomic E-state index is 0.172. The number of fused-ring (bicyclic) bond motifs is 1. The van der Waals surface area contributed by atoms with Crippen LogP contribution < -0.4 is 5.56 Å². The maximum Gasteiger partial charge on any atom is 0.255 e. The summed E-state index contributed by atoms with van der Waals surface area (Å²) < 4.78 is 1.40. The summed E-state index contributed by atoms with van der Waals surface area (Å²) in [5, 5.41) is 0. The molecule has 0 atom stereocenters. The van der Waals surface area contributed by atoms with Crippen LogP contribution in [0.15, 0.2) is 35.1 Å². The normalized spacial score (nSPS) is 10.4. The van der Waals surface area contributed by atoms with Gasteiger partial charge in [-0.25, -0.2) is 0 Å². The lowest BCUT2D eigenvalue weighted by atomic mass is 10.3. The van der Waals surface area contributed by atoms with Gasteiger partial charge in [-0.1, -0.05) is 6.07 Å². The molecule has 0 unspecified atom stereocenters. The Morgan fingerprint density at radius 1 is 1.21 bits per heavy atom. The highest BCUT2D eigenvalue weighted by molar-refractivity contribution is 5.75. The van der Waals surface area contributed by atoms with E-state index in [0.717, 1.165) is 11.1 Å².